The zero-order valence-electron chi connectivity index (χ0n) is 10.6. The second-order valence-corrected chi connectivity index (χ2v) is 6.59. The molecular formula is C18H10OS. The van der Waals surface area contributed by atoms with E-state index in [4.69, 9.17) is 0 Å². The van der Waals surface area contributed by atoms with Gasteiger partial charge in [-0.25, -0.2) is 4.21 Å². The van der Waals surface area contributed by atoms with E-state index in [1.807, 2.05) is 24.3 Å². The zero-order chi connectivity index (χ0) is 13.3. The summed E-state index contributed by atoms with van der Waals surface area (Å²) >= 11 is 0. The summed E-state index contributed by atoms with van der Waals surface area (Å²) in [7, 11) is -1.04. The van der Waals surface area contributed by atoms with Gasteiger partial charge in [-0.1, -0.05) is 48.5 Å². The number of benzene rings is 4. The van der Waals surface area contributed by atoms with Crippen molar-refractivity contribution >= 4 is 43.1 Å². The lowest BCUT2D eigenvalue weighted by atomic mass is 9.95. The highest BCUT2D eigenvalue weighted by Gasteiger charge is 2.25. The summed E-state index contributed by atoms with van der Waals surface area (Å²) in [6, 6.07) is 20.7. The first-order valence-corrected chi connectivity index (χ1v) is 7.79. The second kappa shape index (κ2) is 3.47. The molecule has 0 unspecified atom stereocenters. The van der Waals surface area contributed by atoms with Crippen LogP contribution in [0.4, 0.5) is 0 Å². The molecule has 0 radical (unpaired) electrons. The van der Waals surface area contributed by atoms with E-state index in [-0.39, 0.29) is 0 Å². The molecule has 4 aromatic carbocycles. The summed E-state index contributed by atoms with van der Waals surface area (Å²) in [5.41, 5.74) is 0. The third-order valence-corrected chi connectivity index (χ3v) is 5.69. The molecule has 1 heterocycles. The molecule has 0 fully saturated rings. The molecule has 5 rings (SSSR count). The van der Waals surface area contributed by atoms with Crippen LogP contribution in [-0.4, -0.2) is 4.21 Å². The minimum absolute atomic E-state index is 0.958. The van der Waals surface area contributed by atoms with Gasteiger partial charge in [-0.2, -0.15) is 0 Å². The summed E-state index contributed by atoms with van der Waals surface area (Å²) in [6.07, 6.45) is 0. The Bertz CT molecular complexity index is 979. The molecule has 20 heavy (non-hydrogen) atoms. The highest BCUT2D eigenvalue weighted by Crippen LogP contribution is 2.45. The van der Waals surface area contributed by atoms with Crippen molar-refractivity contribution in [2.45, 2.75) is 9.79 Å². The first-order valence-electron chi connectivity index (χ1n) is 6.64. The Morgan fingerprint density at radius 1 is 0.550 bits per heavy atom. The molecule has 1 aliphatic heterocycles. The molecule has 0 N–H and O–H groups in total. The fourth-order valence-corrected chi connectivity index (χ4v) is 4.84. The van der Waals surface area contributed by atoms with Crippen LogP contribution in [0.2, 0.25) is 0 Å². The molecule has 0 saturated carbocycles. The number of hydrogen-bond acceptors (Lipinski definition) is 1. The smallest absolute Gasteiger partial charge is 0.0862 e. The van der Waals surface area contributed by atoms with Crippen molar-refractivity contribution in [3.8, 4) is 0 Å². The maximum atomic E-state index is 12.7. The Morgan fingerprint density at radius 2 is 1.00 bits per heavy atom. The van der Waals surface area contributed by atoms with Crippen molar-refractivity contribution in [3.05, 3.63) is 60.7 Å². The van der Waals surface area contributed by atoms with Crippen molar-refractivity contribution in [1.82, 2.24) is 0 Å². The van der Waals surface area contributed by atoms with Gasteiger partial charge in [0.1, 0.15) is 0 Å². The summed E-state index contributed by atoms with van der Waals surface area (Å²) in [5.74, 6) is 0. The van der Waals surface area contributed by atoms with Crippen LogP contribution in [0.1, 0.15) is 0 Å². The summed E-state index contributed by atoms with van der Waals surface area (Å²) in [6.45, 7) is 0. The van der Waals surface area contributed by atoms with E-state index in [0.717, 1.165) is 9.79 Å². The minimum Gasteiger partial charge on any atom is -0.249 e. The Labute approximate surface area is 118 Å². The van der Waals surface area contributed by atoms with Crippen LogP contribution in [0.25, 0.3) is 32.3 Å². The maximum absolute atomic E-state index is 12.7. The number of fused-ring (bicyclic) bond motifs is 3. The lowest BCUT2D eigenvalue weighted by Crippen LogP contribution is -1.85. The van der Waals surface area contributed by atoms with Gasteiger partial charge in [-0.15, -0.1) is 0 Å². The standard InChI is InChI=1S/C18H10OS/c19-20-15-9-3-7-13-11-5-1-2-6-12(11)14-8-4-10-16(20)18(14)17(13)15/h1-10H. The van der Waals surface area contributed by atoms with Crippen molar-refractivity contribution in [1.29, 1.82) is 0 Å². The molecule has 0 atom stereocenters. The van der Waals surface area contributed by atoms with Crippen molar-refractivity contribution < 1.29 is 4.21 Å². The predicted octanol–water partition coefficient (Wildman–Crippen LogP) is 4.63. The zero-order valence-corrected chi connectivity index (χ0v) is 11.4. The van der Waals surface area contributed by atoms with E-state index in [9.17, 15) is 4.21 Å². The van der Waals surface area contributed by atoms with Gasteiger partial charge >= 0.3 is 0 Å². The van der Waals surface area contributed by atoms with Crippen LogP contribution in [-0.2, 0) is 10.8 Å². The number of hydrogen-bond donors (Lipinski definition) is 0. The predicted molar refractivity (Wildman–Crippen MR) is 83.6 cm³/mol. The molecule has 1 nitrogen and oxygen atoms in total. The van der Waals surface area contributed by atoms with Crippen LogP contribution >= 0.6 is 0 Å². The van der Waals surface area contributed by atoms with Gasteiger partial charge in [0, 0.05) is 10.8 Å². The summed E-state index contributed by atoms with van der Waals surface area (Å²) < 4.78 is 12.7. The normalized spacial score (nSPS) is 14.0. The fourth-order valence-electron chi connectivity index (χ4n) is 3.41. The highest BCUT2D eigenvalue weighted by molar-refractivity contribution is 7.86. The van der Waals surface area contributed by atoms with E-state index < -0.39 is 10.8 Å². The second-order valence-electron chi connectivity index (χ2n) is 5.17. The van der Waals surface area contributed by atoms with Crippen molar-refractivity contribution in [2.75, 3.05) is 0 Å². The van der Waals surface area contributed by atoms with Gasteiger partial charge in [0.25, 0.3) is 0 Å². The average Bonchev–Trinajstić information content (AvgIpc) is 2.81. The molecule has 0 amide bonds. The van der Waals surface area contributed by atoms with Crippen LogP contribution < -0.4 is 0 Å². The van der Waals surface area contributed by atoms with Crippen LogP contribution in [0.5, 0.6) is 0 Å². The van der Waals surface area contributed by atoms with E-state index in [2.05, 4.69) is 36.4 Å². The highest BCUT2D eigenvalue weighted by atomic mass is 32.2. The van der Waals surface area contributed by atoms with Crippen LogP contribution in [0.3, 0.4) is 0 Å². The molecule has 0 saturated heterocycles. The van der Waals surface area contributed by atoms with Crippen LogP contribution in [0.15, 0.2) is 70.5 Å². The lowest BCUT2D eigenvalue weighted by molar-refractivity contribution is 0.685. The largest absolute Gasteiger partial charge is 0.249 e. The van der Waals surface area contributed by atoms with E-state index in [1.54, 1.807) is 0 Å². The van der Waals surface area contributed by atoms with E-state index in [0.29, 0.717) is 0 Å². The molecule has 0 spiro atoms. The topological polar surface area (TPSA) is 17.1 Å². The molecule has 0 aromatic heterocycles. The molecule has 4 aromatic rings. The quantitative estimate of drug-likeness (QED) is 0.376. The first kappa shape index (κ1) is 10.6. The van der Waals surface area contributed by atoms with E-state index >= 15 is 0 Å². The first-order chi connectivity index (χ1) is 9.86. The molecule has 94 valence electrons. The van der Waals surface area contributed by atoms with Crippen molar-refractivity contribution in [2.24, 2.45) is 0 Å². The van der Waals surface area contributed by atoms with Gasteiger partial charge in [-0.05, 0) is 33.7 Å². The fraction of sp³-hybridized carbons (Fsp3) is 0. The maximum Gasteiger partial charge on any atom is 0.0862 e. The molecular weight excluding hydrogens is 264 g/mol. The van der Waals surface area contributed by atoms with Crippen LogP contribution in [0, 0.1) is 0 Å². The average molecular weight is 274 g/mol. The lowest BCUT2D eigenvalue weighted by Gasteiger charge is -2.08. The molecule has 2 heteroatoms. The molecule has 1 aliphatic rings. The summed E-state index contributed by atoms with van der Waals surface area (Å²) in [4.78, 5) is 1.92. The van der Waals surface area contributed by atoms with Gasteiger partial charge in [0.2, 0.25) is 0 Å². The third-order valence-electron chi connectivity index (χ3n) is 4.21. The third kappa shape index (κ3) is 1.07. The molecule has 0 aliphatic carbocycles. The Hall–Kier alpha value is -2.19. The monoisotopic (exact) mass is 274 g/mol. The minimum atomic E-state index is -1.04. The summed E-state index contributed by atoms with van der Waals surface area (Å²) in [5, 5.41) is 7.26. The van der Waals surface area contributed by atoms with Gasteiger partial charge in [0.05, 0.1) is 20.6 Å². The van der Waals surface area contributed by atoms with Crippen molar-refractivity contribution in [3.63, 3.8) is 0 Å². The van der Waals surface area contributed by atoms with E-state index in [1.165, 1.54) is 32.3 Å². The Balaban J connectivity index is 2.30. The molecule has 0 bridgehead atoms. The Kier molecular flexibility index (Phi) is 1.83. The van der Waals surface area contributed by atoms with Gasteiger partial charge in [-0.3, -0.25) is 0 Å². The SMILES string of the molecule is O=S1c2cccc3c4ccccc4c4cccc1c4c23. The Morgan fingerprint density at radius 3 is 1.50 bits per heavy atom. The van der Waals surface area contributed by atoms with Gasteiger partial charge < -0.3 is 0 Å². The number of rotatable bonds is 0. The van der Waals surface area contributed by atoms with Gasteiger partial charge in [0.15, 0.2) is 0 Å².